The van der Waals surface area contributed by atoms with Crippen LogP contribution in [0, 0.1) is 0 Å². The van der Waals surface area contributed by atoms with Gasteiger partial charge < -0.3 is 15.4 Å². The number of rotatable bonds is 10. The first-order valence-corrected chi connectivity index (χ1v) is 5.85. The van der Waals surface area contributed by atoms with Crippen molar-refractivity contribution in [3.05, 3.63) is 12.7 Å². The van der Waals surface area contributed by atoms with Crippen LogP contribution in [0.4, 0.5) is 0 Å². The molecule has 0 saturated carbocycles. The Morgan fingerprint density at radius 2 is 2.12 bits per heavy atom. The summed E-state index contributed by atoms with van der Waals surface area (Å²) in [6, 6.07) is 0.217. The van der Waals surface area contributed by atoms with Crippen LogP contribution < -0.4 is 10.6 Å². The lowest BCUT2D eigenvalue weighted by molar-refractivity contribution is -0.121. The minimum atomic E-state index is 0.0927. The maximum atomic E-state index is 11.2. The summed E-state index contributed by atoms with van der Waals surface area (Å²) in [4.78, 5) is 11.2. The molecule has 0 aliphatic rings. The van der Waals surface area contributed by atoms with Gasteiger partial charge in [-0.3, -0.25) is 4.79 Å². The first-order valence-electron chi connectivity index (χ1n) is 5.85. The Labute approximate surface area is 98.4 Å². The lowest BCUT2D eigenvalue weighted by atomic mass is 10.3. The largest absolute Gasteiger partial charge is 0.380 e. The Morgan fingerprint density at radius 3 is 2.75 bits per heavy atom. The van der Waals surface area contributed by atoms with E-state index >= 15 is 0 Å². The van der Waals surface area contributed by atoms with Gasteiger partial charge in [0.2, 0.25) is 5.91 Å². The van der Waals surface area contributed by atoms with Gasteiger partial charge in [-0.1, -0.05) is 6.08 Å². The zero-order valence-corrected chi connectivity index (χ0v) is 10.4. The second kappa shape index (κ2) is 10.6. The van der Waals surface area contributed by atoms with Gasteiger partial charge in [0.05, 0.1) is 13.2 Å². The smallest absolute Gasteiger partial charge is 0.221 e. The van der Waals surface area contributed by atoms with Crippen LogP contribution >= 0.6 is 0 Å². The number of carbonyl (C=O) groups excluding carboxylic acids is 1. The standard InChI is InChI=1S/C12H24N2O2/c1-4-5-9-16-10-8-13-7-6-12(15)14-11(2)3/h4,11,13H,1,5-10H2,2-3H3,(H,14,15). The Kier molecular flexibility index (Phi) is 10.1. The number of hydrogen-bond donors (Lipinski definition) is 2. The van der Waals surface area contributed by atoms with Crippen molar-refractivity contribution in [2.24, 2.45) is 0 Å². The zero-order valence-electron chi connectivity index (χ0n) is 10.4. The van der Waals surface area contributed by atoms with Crippen LogP contribution in [0.25, 0.3) is 0 Å². The van der Waals surface area contributed by atoms with Crippen molar-refractivity contribution in [3.8, 4) is 0 Å². The van der Waals surface area contributed by atoms with Crippen molar-refractivity contribution in [1.82, 2.24) is 10.6 Å². The lowest BCUT2D eigenvalue weighted by Gasteiger charge is -2.08. The highest BCUT2D eigenvalue weighted by molar-refractivity contribution is 5.76. The molecule has 16 heavy (non-hydrogen) atoms. The summed E-state index contributed by atoms with van der Waals surface area (Å²) in [6.07, 6.45) is 3.24. The molecule has 0 radical (unpaired) electrons. The molecule has 0 atom stereocenters. The van der Waals surface area contributed by atoms with Gasteiger partial charge in [0.1, 0.15) is 0 Å². The van der Waals surface area contributed by atoms with Crippen molar-refractivity contribution in [1.29, 1.82) is 0 Å². The molecule has 0 rings (SSSR count). The van der Waals surface area contributed by atoms with E-state index in [9.17, 15) is 4.79 Å². The quantitative estimate of drug-likeness (QED) is 0.434. The molecule has 0 aromatic rings. The molecule has 0 spiro atoms. The van der Waals surface area contributed by atoms with E-state index in [1.807, 2.05) is 19.9 Å². The number of ether oxygens (including phenoxy) is 1. The average molecular weight is 228 g/mol. The SMILES string of the molecule is C=CCCOCCNCCC(=O)NC(C)C. The summed E-state index contributed by atoms with van der Waals surface area (Å²) < 4.78 is 5.31. The maximum Gasteiger partial charge on any atom is 0.221 e. The van der Waals surface area contributed by atoms with Gasteiger partial charge in [-0.2, -0.15) is 0 Å². The minimum absolute atomic E-state index is 0.0927. The normalized spacial score (nSPS) is 10.4. The average Bonchev–Trinajstić information content (AvgIpc) is 2.21. The molecule has 0 saturated heterocycles. The minimum Gasteiger partial charge on any atom is -0.380 e. The first-order chi connectivity index (χ1) is 7.66. The Hall–Kier alpha value is -0.870. The second-order valence-electron chi connectivity index (χ2n) is 3.91. The predicted octanol–water partition coefficient (Wildman–Crippen LogP) is 1.08. The molecular weight excluding hydrogens is 204 g/mol. The summed E-state index contributed by atoms with van der Waals surface area (Å²) in [5.74, 6) is 0.0927. The van der Waals surface area contributed by atoms with E-state index < -0.39 is 0 Å². The Bertz CT molecular complexity index is 193. The van der Waals surface area contributed by atoms with Gasteiger partial charge in [-0.15, -0.1) is 6.58 Å². The van der Waals surface area contributed by atoms with E-state index in [1.165, 1.54) is 0 Å². The maximum absolute atomic E-state index is 11.2. The van der Waals surface area contributed by atoms with Crippen LogP contribution in [0.2, 0.25) is 0 Å². The van der Waals surface area contributed by atoms with Crippen molar-refractivity contribution < 1.29 is 9.53 Å². The number of carbonyl (C=O) groups is 1. The van der Waals surface area contributed by atoms with Gasteiger partial charge in [0, 0.05) is 25.6 Å². The highest BCUT2D eigenvalue weighted by Crippen LogP contribution is 1.83. The molecule has 0 aromatic carbocycles. The Balaban J connectivity index is 3.14. The van der Waals surface area contributed by atoms with Gasteiger partial charge >= 0.3 is 0 Å². The summed E-state index contributed by atoms with van der Waals surface area (Å²) in [5.41, 5.74) is 0. The Morgan fingerprint density at radius 1 is 1.38 bits per heavy atom. The van der Waals surface area contributed by atoms with Crippen molar-refractivity contribution in [2.75, 3.05) is 26.3 Å². The van der Waals surface area contributed by atoms with E-state index in [0.29, 0.717) is 19.6 Å². The van der Waals surface area contributed by atoms with Gasteiger partial charge in [-0.25, -0.2) is 0 Å². The number of hydrogen-bond acceptors (Lipinski definition) is 3. The molecule has 4 nitrogen and oxygen atoms in total. The van der Waals surface area contributed by atoms with Crippen LogP contribution in [0.3, 0.4) is 0 Å². The van der Waals surface area contributed by atoms with E-state index in [1.54, 1.807) is 0 Å². The van der Waals surface area contributed by atoms with Crippen molar-refractivity contribution in [2.45, 2.75) is 32.7 Å². The fraction of sp³-hybridized carbons (Fsp3) is 0.750. The highest BCUT2D eigenvalue weighted by atomic mass is 16.5. The monoisotopic (exact) mass is 228 g/mol. The van der Waals surface area contributed by atoms with Gasteiger partial charge in [-0.05, 0) is 20.3 Å². The third kappa shape index (κ3) is 11.2. The van der Waals surface area contributed by atoms with Gasteiger partial charge in [0.15, 0.2) is 0 Å². The fourth-order valence-electron chi connectivity index (χ4n) is 1.13. The van der Waals surface area contributed by atoms with Crippen molar-refractivity contribution in [3.63, 3.8) is 0 Å². The summed E-state index contributed by atoms with van der Waals surface area (Å²) >= 11 is 0. The molecule has 0 unspecified atom stereocenters. The molecule has 0 fully saturated rings. The molecule has 1 amide bonds. The van der Waals surface area contributed by atoms with E-state index in [0.717, 1.165) is 19.6 Å². The van der Waals surface area contributed by atoms with Crippen LogP contribution in [0.15, 0.2) is 12.7 Å². The summed E-state index contributed by atoms with van der Waals surface area (Å²) in [7, 11) is 0. The molecule has 2 N–H and O–H groups in total. The third-order valence-electron chi connectivity index (χ3n) is 1.87. The first kappa shape index (κ1) is 15.1. The van der Waals surface area contributed by atoms with E-state index in [-0.39, 0.29) is 11.9 Å². The molecular formula is C12H24N2O2. The van der Waals surface area contributed by atoms with Crippen LogP contribution in [-0.2, 0) is 9.53 Å². The van der Waals surface area contributed by atoms with Crippen LogP contribution in [0.5, 0.6) is 0 Å². The second-order valence-corrected chi connectivity index (χ2v) is 3.91. The van der Waals surface area contributed by atoms with Crippen LogP contribution in [-0.4, -0.2) is 38.3 Å². The molecule has 0 aliphatic heterocycles. The molecule has 4 heteroatoms. The highest BCUT2D eigenvalue weighted by Gasteiger charge is 2.01. The molecule has 0 bridgehead atoms. The molecule has 0 aliphatic carbocycles. The van der Waals surface area contributed by atoms with Crippen LogP contribution in [0.1, 0.15) is 26.7 Å². The summed E-state index contributed by atoms with van der Waals surface area (Å²) in [5, 5.41) is 6.00. The molecule has 94 valence electrons. The molecule has 0 heterocycles. The van der Waals surface area contributed by atoms with Crippen molar-refractivity contribution >= 4 is 5.91 Å². The third-order valence-corrected chi connectivity index (χ3v) is 1.87. The lowest BCUT2D eigenvalue weighted by Crippen LogP contribution is -2.33. The fourth-order valence-corrected chi connectivity index (χ4v) is 1.13. The number of amides is 1. The number of nitrogens with one attached hydrogen (secondary N) is 2. The predicted molar refractivity (Wildman–Crippen MR) is 66.4 cm³/mol. The summed E-state index contributed by atoms with van der Waals surface area (Å²) in [6.45, 7) is 10.4. The van der Waals surface area contributed by atoms with E-state index in [4.69, 9.17) is 4.74 Å². The topological polar surface area (TPSA) is 50.4 Å². The molecule has 0 aromatic heterocycles. The van der Waals surface area contributed by atoms with E-state index in [2.05, 4.69) is 17.2 Å². The zero-order chi connectivity index (χ0) is 12.2. The van der Waals surface area contributed by atoms with Gasteiger partial charge in [0.25, 0.3) is 0 Å².